The summed E-state index contributed by atoms with van der Waals surface area (Å²) in [6, 6.07) is 7.59. The lowest BCUT2D eigenvalue weighted by atomic mass is 9.69. The molecule has 0 saturated heterocycles. The van der Waals surface area contributed by atoms with Gasteiger partial charge >= 0.3 is 0 Å². The molecule has 0 aliphatic heterocycles. The zero-order chi connectivity index (χ0) is 20.7. The molecule has 1 aliphatic carbocycles. The van der Waals surface area contributed by atoms with Crippen LogP contribution >= 0.6 is 0 Å². The van der Waals surface area contributed by atoms with Gasteiger partial charge in [0.15, 0.2) is 0 Å². The van der Waals surface area contributed by atoms with Gasteiger partial charge in [-0.2, -0.15) is 0 Å². The van der Waals surface area contributed by atoms with Crippen molar-refractivity contribution < 1.29 is 9.59 Å². The van der Waals surface area contributed by atoms with Crippen molar-refractivity contribution in [1.82, 2.24) is 10.2 Å². The predicted octanol–water partition coefficient (Wildman–Crippen LogP) is 4.30. The Morgan fingerprint density at radius 3 is 2.43 bits per heavy atom. The Bertz CT molecular complexity index is 662. The average Bonchev–Trinajstić information content (AvgIpc) is 2.67. The second kappa shape index (κ2) is 10.1. The molecule has 28 heavy (non-hydrogen) atoms. The molecule has 1 aromatic rings. The van der Waals surface area contributed by atoms with Gasteiger partial charge in [-0.15, -0.1) is 0 Å². The highest BCUT2D eigenvalue weighted by atomic mass is 16.2. The van der Waals surface area contributed by atoms with E-state index < -0.39 is 0 Å². The summed E-state index contributed by atoms with van der Waals surface area (Å²) in [4.78, 5) is 26.8. The quantitative estimate of drug-likeness (QED) is 0.733. The van der Waals surface area contributed by atoms with Crippen molar-refractivity contribution in [2.45, 2.75) is 66.3 Å². The fourth-order valence-corrected chi connectivity index (χ4v) is 4.26. The molecular formula is C23H37N3O2. The van der Waals surface area contributed by atoms with E-state index in [-0.39, 0.29) is 17.2 Å². The Morgan fingerprint density at radius 1 is 1.11 bits per heavy atom. The Kier molecular flexibility index (Phi) is 8.05. The van der Waals surface area contributed by atoms with Crippen molar-refractivity contribution in [3.05, 3.63) is 29.8 Å². The van der Waals surface area contributed by atoms with Crippen molar-refractivity contribution in [1.29, 1.82) is 0 Å². The number of carbonyl (C=O) groups excluding carboxylic acids is 2. The van der Waals surface area contributed by atoms with E-state index in [9.17, 15) is 9.59 Å². The molecule has 2 atom stereocenters. The lowest BCUT2D eigenvalue weighted by Gasteiger charge is -2.40. The van der Waals surface area contributed by atoms with Gasteiger partial charge in [-0.3, -0.25) is 9.59 Å². The van der Waals surface area contributed by atoms with E-state index in [0.29, 0.717) is 42.8 Å². The molecule has 0 spiro atoms. The topological polar surface area (TPSA) is 61.4 Å². The van der Waals surface area contributed by atoms with Gasteiger partial charge in [0.2, 0.25) is 5.91 Å². The van der Waals surface area contributed by atoms with Gasteiger partial charge in [0, 0.05) is 30.4 Å². The third-order valence-corrected chi connectivity index (χ3v) is 5.85. The van der Waals surface area contributed by atoms with E-state index in [1.807, 2.05) is 26.0 Å². The summed E-state index contributed by atoms with van der Waals surface area (Å²) in [6.07, 6.45) is 4.85. The minimum atomic E-state index is -0.0642. The van der Waals surface area contributed by atoms with Crippen molar-refractivity contribution in [2.24, 2.45) is 11.3 Å². The second-order valence-electron chi connectivity index (χ2n) is 8.85. The van der Waals surface area contributed by atoms with Crippen LogP contribution in [0, 0.1) is 11.3 Å². The lowest BCUT2D eigenvalue weighted by molar-refractivity contribution is -0.115. The minimum absolute atomic E-state index is 0.00514. The molecule has 0 aromatic heterocycles. The standard InChI is InChI=1S/C23H37N3O2/c1-6-26(7-2)22(28)17-11-10-12-18(15-17)25-21(27)16-24-20-14-9-8-13-19(20)23(3,4)5/h10-12,15,19-20,24H,6-9,13-14,16H2,1-5H3,(H,25,27). The number of nitrogens with one attached hydrogen (secondary N) is 2. The molecule has 0 heterocycles. The first-order valence-electron chi connectivity index (χ1n) is 10.7. The number of benzene rings is 1. The molecule has 1 saturated carbocycles. The molecule has 2 rings (SSSR count). The van der Waals surface area contributed by atoms with Gasteiger partial charge in [-0.1, -0.05) is 39.7 Å². The van der Waals surface area contributed by atoms with E-state index in [2.05, 4.69) is 31.4 Å². The van der Waals surface area contributed by atoms with Gasteiger partial charge < -0.3 is 15.5 Å². The molecule has 1 aliphatic rings. The van der Waals surface area contributed by atoms with Crippen molar-refractivity contribution in [3.8, 4) is 0 Å². The summed E-state index contributed by atoms with van der Waals surface area (Å²) in [6.45, 7) is 12.4. The first-order chi connectivity index (χ1) is 13.3. The highest BCUT2D eigenvalue weighted by molar-refractivity contribution is 5.97. The van der Waals surface area contributed by atoms with E-state index in [1.54, 1.807) is 17.0 Å². The van der Waals surface area contributed by atoms with Crippen molar-refractivity contribution >= 4 is 17.5 Å². The maximum atomic E-state index is 12.5. The molecule has 5 nitrogen and oxygen atoms in total. The van der Waals surface area contributed by atoms with Crippen molar-refractivity contribution in [2.75, 3.05) is 25.0 Å². The minimum Gasteiger partial charge on any atom is -0.339 e. The second-order valence-corrected chi connectivity index (χ2v) is 8.85. The normalized spacial score (nSPS) is 19.9. The number of carbonyl (C=O) groups is 2. The molecule has 156 valence electrons. The molecule has 0 bridgehead atoms. The third kappa shape index (κ3) is 6.06. The molecule has 1 aromatic carbocycles. The van der Waals surface area contributed by atoms with Crippen LogP contribution in [0.5, 0.6) is 0 Å². The van der Waals surface area contributed by atoms with Gasteiger partial charge in [0.25, 0.3) is 5.91 Å². The lowest BCUT2D eigenvalue weighted by Crippen LogP contribution is -2.46. The summed E-state index contributed by atoms with van der Waals surface area (Å²) in [5.41, 5.74) is 1.52. The average molecular weight is 388 g/mol. The van der Waals surface area contributed by atoms with Gasteiger partial charge in [-0.05, 0) is 56.2 Å². The summed E-state index contributed by atoms with van der Waals surface area (Å²) in [5, 5.41) is 6.42. The predicted molar refractivity (Wildman–Crippen MR) is 116 cm³/mol. The van der Waals surface area contributed by atoms with Crippen LogP contribution in [-0.2, 0) is 4.79 Å². The number of hydrogen-bond acceptors (Lipinski definition) is 3. The van der Waals surface area contributed by atoms with Crippen LogP contribution in [-0.4, -0.2) is 42.4 Å². The van der Waals surface area contributed by atoms with Gasteiger partial charge in [0.1, 0.15) is 0 Å². The number of amides is 2. The van der Waals surface area contributed by atoms with Crippen molar-refractivity contribution in [3.63, 3.8) is 0 Å². The van der Waals surface area contributed by atoms with Crippen LogP contribution in [0.3, 0.4) is 0 Å². The summed E-state index contributed by atoms with van der Waals surface area (Å²) in [7, 11) is 0. The molecule has 5 heteroatoms. The number of hydrogen-bond donors (Lipinski definition) is 2. The Labute approximate surface area is 170 Å². The molecule has 1 fully saturated rings. The molecular weight excluding hydrogens is 350 g/mol. The summed E-state index contributed by atoms with van der Waals surface area (Å²) in [5.74, 6) is 0.518. The Hall–Kier alpha value is -1.88. The molecule has 2 amide bonds. The van der Waals surface area contributed by atoms with E-state index in [1.165, 1.54) is 19.3 Å². The van der Waals surface area contributed by atoms with E-state index in [0.717, 1.165) is 6.42 Å². The van der Waals surface area contributed by atoms with E-state index in [4.69, 9.17) is 0 Å². The zero-order valence-electron chi connectivity index (χ0n) is 18.2. The first-order valence-corrected chi connectivity index (χ1v) is 10.7. The Morgan fingerprint density at radius 2 is 1.79 bits per heavy atom. The SMILES string of the molecule is CCN(CC)C(=O)c1cccc(NC(=O)CNC2CCCCC2C(C)(C)C)c1. The van der Waals surface area contributed by atoms with Gasteiger partial charge in [-0.25, -0.2) is 0 Å². The Balaban J connectivity index is 1.94. The van der Waals surface area contributed by atoms with Crippen LogP contribution in [0.4, 0.5) is 5.69 Å². The van der Waals surface area contributed by atoms with Crippen LogP contribution in [0.1, 0.15) is 70.7 Å². The van der Waals surface area contributed by atoms with Crippen LogP contribution in [0.25, 0.3) is 0 Å². The summed E-state index contributed by atoms with van der Waals surface area (Å²) >= 11 is 0. The number of nitrogens with zero attached hydrogens (tertiary/aromatic N) is 1. The fourth-order valence-electron chi connectivity index (χ4n) is 4.26. The van der Waals surface area contributed by atoms with Crippen LogP contribution < -0.4 is 10.6 Å². The smallest absolute Gasteiger partial charge is 0.253 e. The number of anilines is 1. The largest absolute Gasteiger partial charge is 0.339 e. The molecule has 2 unspecified atom stereocenters. The highest BCUT2D eigenvalue weighted by Crippen LogP contribution is 2.37. The summed E-state index contributed by atoms with van der Waals surface area (Å²) < 4.78 is 0. The van der Waals surface area contributed by atoms with E-state index >= 15 is 0 Å². The van der Waals surface area contributed by atoms with Gasteiger partial charge in [0.05, 0.1) is 6.54 Å². The highest BCUT2D eigenvalue weighted by Gasteiger charge is 2.33. The maximum Gasteiger partial charge on any atom is 0.253 e. The number of rotatable bonds is 7. The molecule has 0 radical (unpaired) electrons. The van der Waals surface area contributed by atoms with Crippen LogP contribution in [0.15, 0.2) is 24.3 Å². The molecule has 2 N–H and O–H groups in total. The van der Waals surface area contributed by atoms with Crippen LogP contribution in [0.2, 0.25) is 0 Å². The monoisotopic (exact) mass is 387 g/mol. The fraction of sp³-hybridized carbons (Fsp3) is 0.652. The third-order valence-electron chi connectivity index (χ3n) is 5.85. The maximum absolute atomic E-state index is 12.5. The zero-order valence-corrected chi connectivity index (χ0v) is 18.2. The first kappa shape index (κ1) is 22.4.